The van der Waals surface area contributed by atoms with E-state index in [4.69, 9.17) is 28.9 Å². The van der Waals surface area contributed by atoms with E-state index < -0.39 is 0 Å². The lowest BCUT2D eigenvalue weighted by Gasteiger charge is -2.42. The van der Waals surface area contributed by atoms with Crippen LogP contribution in [-0.2, 0) is 0 Å². The Labute approximate surface area is 125 Å². The van der Waals surface area contributed by atoms with Crippen LogP contribution in [0.2, 0.25) is 10.0 Å². The van der Waals surface area contributed by atoms with E-state index in [0.29, 0.717) is 22.0 Å². The molecular weight excluding hydrogens is 279 g/mol. The van der Waals surface area contributed by atoms with Crippen LogP contribution in [0.25, 0.3) is 0 Å². The monoisotopic (exact) mass is 300 g/mol. The third kappa shape index (κ3) is 3.63. The molecule has 1 aliphatic rings. The summed E-state index contributed by atoms with van der Waals surface area (Å²) in [6.45, 7) is 7.43. The van der Waals surface area contributed by atoms with Crippen molar-refractivity contribution in [2.24, 2.45) is 11.1 Å². The number of nitrogens with two attached hydrogens (primary N) is 1. The Morgan fingerprint density at radius 2 is 2.05 bits per heavy atom. The van der Waals surface area contributed by atoms with E-state index in [9.17, 15) is 0 Å². The third-order valence-electron chi connectivity index (χ3n) is 3.92. The molecule has 1 unspecified atom stereocenters. The normalized spacial score (nSPS) is 21.3. The van der Waals surface area contributed by atoms with Gasteiger partial charge in [0.05, 0.1) is 10.0 Å². The number of halogens is 2. The van der Waals surface area contributed by atoms with E-state index >= 15 is 0 Å². The van der Waals surface area contributed by atoms with Gasteiger partial charge in [-0.3, -0.25) is 4.90 Å². The standard InChI is InChI=1S/C15H22Cl2N2/c1-15(2)6-3-7-19(10-15)14(9-18)11-4-5-12(16)13(17)8-11/h4-5,8,14H,3,6-7,9-10,18H2,1-2H3. The van der Waals surface area contributed by atoms with Gasteiger partial charge in [-0.2, -0.15) is 0 Å². The second-order valence-corrected chi connectivity index (χ2v) is 6.98. The molecular formula is C15H22Cl2N2. The molecule has 1 aliphatic heterocycles. The molecule has 1 aromatic rings. The molecule has 1 aromatic carbocycles. The summed E-state index contributed by atoms with van der Waals surface area (Å²) in [4.78, 5) is 2.48. The number of hydrogen-bond acceptors (Lipinski definition) is 2. The van der Waals surface area contributed by atoms with Crippen LogP contribution in [0.3, 0.4) is 0 Å². The fourth-order valence-corrected chi connectivity index (χ4v) is 3.26. The Kier molecular flexibility index (Phi) is 4.78. The van der Waals surface area contributed by atoms with Crippen molar-refractivity contribution in [2.45, 2.75) is 32.7 Å². The van der Waals surface area contributed by atoms with Gasteiger partial charge in [-0.25, -0.2) is 0 Å². The van der Waals surface area contributed by atoms with Crippen molar-refractivity contribution in [1.82, 2.24) is 4.90 Å². The van der Waals surface area contributed by atoms with E-state index in [1.807, 2.05) is 18.2 Å². The van der Waals surface area contributed by atoms with Crippen molar-refractivity contribution in [1.29, 1.82) is 0 Å². The van der Waals surface area contributed by atoms with Gasteiger partial charge in [0.25, 0.3) is 0 Å². The summed E-state index contributed by atoms with van der Waals surface area (Å²) in [6.07, 6.45) is 2.51. The molecule has 4 heteroatoms. The van der Waals surface area contributed by atoms with Crippen molar-refractivity contribution in [3.8, 4) is 0 Å². The zero-order valence-electron chi connectivity index (χ0n) is 11.6. The molecule has 1 heterocycles. The Hall–Kier alpha value is -0.280. The second-order valence-electron chi connectivity index (χ2n) is 6.16. The minimum absolute atomic E-state index is 0.231. The van der Waals surface area contributed by atoms with Gasteiger partial charge in [0.15, 0.2) is 0 Å². The molecule has 0 aromatic heterocycles. The van der Waals surface area contributed by atoms with Crippen LogP contribution in [-0.4, -0.2) is 24.5 Å². The van der Waals surface area contributed by atoms with Gasteiger partial charge in [0.1, 0.15) is 0 Å². The average molecular weight is 301 g/mol. The Morgan fingerprint density at radius 3 is 2.63 bits per heavy atom. The van der Waals surface area contributed by atoms with Crippen LogP contribution >= 0.6 is 23.2 Å². The Morgan fingerprint density at radius 1 is 1.32 bits per heavy atom. The van der Waals surface area contributed by atoms with Crippen molar-refractivity contribution >= 4 is 23.2 Å². The summed E-state index contributed by atoms with van der Waals surface area (Å²) in [6, 6.07) is 6.07. The van der Waals surface area contributed by atoms with E-state index in [1.54, 1.807) is 0 Å². The fraction of sp³-hybridized carbons (Fsp3) is 0.600. The first-order valence-electron chi connectivity index (χ1n) is 6.82. The van der Waals surface area contributed by atoms with Crippen molar-refractivity contribution < 1.29 is 0 Å². The minimum atomic E-state index is 0.231. The fourth-order valence-electron chi connectivity index (χ4n) is 2.95. The van der Waals surface area contributed by atoms with Crippen LogP contribution in [0.1, 0.15) is 38.3 Å². The van der Waals surface area contributed by atoms with Crippen LogP contribution in [0.4, 0.5) is 0 Å². The first kappa shape index (κ1) is 15.1. The topological polar surface area (TPSA) is 29.3 Å². The summed E-state index contributed by atoms with van der Waals surface area (Å²) in [7, 11) is 0. The van der Waals surface area contributed by atoms with Crippen molar-refractivity contribution in [3.05, 3.63) is 33.8 Å². The number of likely N-dealkylation sites (tertiary alicyclic amines) is 1. The summed E-state index contributed by atoms with van der Waals surface area (Å²) < 4.78 is 0. The number of hydrogen-bond donors (Lipinski definition) is 1. The van der Waals surface area contributed by atoms with Gasteiger partial charge in [0.2, 0.25) is 0 Å². The smallest absolute Gasteiger partial charge is 0.0595 e. The van der Waals surface area contributed by atoms with Crippen molar-refractivity contribution in [2.75, 3.05) is 19.6 Å². The number of rotatable bonds is 3. The van der Waals surface area contributed by atoms with Crippen molar-refractivity contribution in [3.63, 3.8) is 0 Å². The predicted octanol–water partition coefficient (Wildman–Crippen LogP) is 4.12. The highest BCUT2D eigenvalue weighted by Gasteiger charge is 2.30. The molecule has 0 saturated carbocycles. The van der Waals surface area contributed by atoms with E-state index in [-0.39, 0.29) is 6.04 Å². The number of nitrogens with zero attached hydrogens (tertiary/aromatic N) is 1. The Balaban J connectivity index is 2.21. The van der Waals surface area contributed by atoms with Gasteiger partial charge >= 0.3 is 0 Å². The molecule has 1 atom stereocenters. The molecule has 0 amide bonds. The molecule has 2 nitrogen and oxygen atoms in total. The summed E-state index contributed by atoms with van der Waals surface area (Å²) in [5.74, 6) is 0. The van der Waals surface area contributed by atoms with Crippen LogP contribution in [0.5, 0.6) is 0 Å². The van der Waals surface area contributed by atoms with Gasteiger partial charge in [-0.05, 0) is 42.5 Å². The first-order valence-corrected chi connectivity index (χ1v) is 7.57. The van der Waals surface area contributed by atoms with Crippen LogP contribution in [0, 0.1) is 5.41 Å². The quantitative estimate of drug-likeness (QED) is 0.910. The van der Waals surface area contributed by atoms with E-state index in [1.165, 1.54) is 12.8 Å². The molecule has 0 bridgehead atoms. The van der Waals surface area contributed by atoms with E-state index in [2.05, 4.69) is 18.7 Å². The Bertz CT molecular complexity index is 446. The van der Waals surface area contributed by atoms with Gasteiger partial charge < -0.3 is 5.73 Å². The lowest BCUT2D eigenvalue weighted by molar-refractivity contribution is 0.0807. The predicted molar refractivity (Wildman–Crippen MR) is 82.8 cm³/mol. The number of piperidine rings is 1. The van der Waals surface area contributed by atoms with Gasteiger partial charge in [0, 0.05) is 19.1 Å². The van der Waals surface area contributed by atoms with Gasteiger partial charge in [-0.15, -0.1) is 0 Å². The molecule has 0 radical (unpaired) electrons. The van der Waals surface area contributed by atoms with E-state index in [0.717, 1.165) is 18.7 Å². The van der Waals surface area contributed by atoms with Crippen LogP contribution in [0.15, 0.2) is 18.2 Å². The lowest BCUT2D eigenvalue weighted by Crippen LogP contribution is -2.44. The molecule has 2 rings (SSSR count). The second kappa shape index (κ2) is 6.01. The maximum Gasteiger partial charge on any atom is 0.0595 e. The average Bonchev–Trinajstić information content (AvgIpc) is 2.33. The maximum absolute atomic E-state index is 6.12. The summed E-state index contributed by atoms with van der Waals surface area (Å²) in [5.41, 5.74) is 7.52. The summed E-state index contributed by atoms with van der Waals surface area (Å²) >= 11 is 12.1. The van der Waals surface area contributed by atoms with Gasteiger partial charge in [-0.1, -0.05) is 43.1 Å². The lowest BCUT2D eigenvalue weighted by atomic mass is 9.83. The molecule has 19 heavy (non-hydrogen) atoms. The minimum Gasteiger partial charge on any atom is -0.329 e. The SMILES string of the molecule is CC1(C)CCCN(C(CN)c2ccc(Cl)c(Cl)c2)C1. The highest BCUT2D eigenvalue weighted by atomic mass is 35.5. The molecule has 1 fully saturated rings. The molecule has 0 aliphatic carbocycles. The largest absolute Gasteiger partial charge is 0.329 e. The third-order valence-corrected chi connectivity index (χ3v) is 4.66. The zero-order chi connectivity index (χ0) is 14.0. The highest BCUT2D eigenvalue weighted by Crippen LogP contribution is 2.34. The maximum atomic E-state index is 6.12. The highest BCUT2D eigenvalue weighted by molar-refractivity contribution is 6.42. The molecule has 0 spiro atoms. The molecule has 1 saturated heterocycles. The number of benzene rings is 1. The summed E-state index contributed by atoms with van der Waals surface area (Å²) in [5, 5.41) is 1.20. The molecule has 2 N–H and O–H groups in total. The van der Waals surface area contributed by atoms with Crippen LogP contribution < -0.4 is 5.73 Å². The molecule has 106 valence electrons. The first-order chi connectivity index (χ1) is 8.93. The zero-order valence-corrected chi connectivity index (χ0v) is 13.1.